The Kier molecular flexibility index (Phi) is 4.74. The zero-order valence-electron chi connectivity index (χ0n) is 17.0. The van der Waals surface area contributed by atoms with E-state index in [1.165, 1.54) is 12.1 Å². The lowest BCUT2D eigenvalue weighted by Crippen LogP contribution is -2.35. The molecule has 0 saturated carbocycles. The number of carbonyl (C=O) groups is 1. The van der Waals surface area contributed by atoms with Crippen LogP contribution in [0.2, 0.25) is 0 Å². The van der Waals surface area contributed by atoms with Gasteiger partial charge in [0.1, 0.15) is 11.4 Å². The molecular weight excluding hydrogens is 371 g/mol. The molecule has 1 aliphatic heterocycles. The molecule has 0 aliphatic carbocycles. The van der Waals surface area contributed by atoms with Gasteiger partial charge in [-0.25, -0.2) is 4.39 Å². The van der Waals surface area contributed by atoms with Gasteiger partial charge < -0.3 is 14.2 Å². The normalized spacial score (nSPS) is 16.1. The van der Waals surface area contributed by atoms with Crippen LogP contribution in [0, 0.1) is 19.7 Å². The van der Waals surface area contributed by atoms with Gasteiger partial charge in [0.2, 0.25) is 5.76 Å². The van der Waals surface area contributed by atoms with E-state index in [0.29, 0.717) is 29.6 Å². The summed E-state index contributed by atoms with van der Waals surface area (Å²) in [7, 11) is 3.82. The van der Waals surface area contributed by atoms with Gasteiger partial charge in [-0.15, -0.1) is 0 Å². The minimum Gasteiger partial charge on any atom is -0.450 e. The molecule has 1 unspecified atom stereocenters. The van der Waals surface area contributed by atoms with E-state index in [4.69, 9.17) is 4.42 Å². The standard InChI is InChI=1S/C23H23FN2O3/c1-13-10-17-18(11-14(13)2)29-22-19(21(17)27)20(15-6-5-7-16(24)12-15)26(23(22)28)9-8-25(3)4/h5-7,10-12,20H,8-9H2,1-4H3. The van der Waals surface area contributed by atoms with Crippen LogP contribution in [0.1, 0.15) is 38.9 Å². The number of halogens is 1. The first kappa shape index (κ1) is 19.3. The Morgan fingerprint density at radius 1 is 1.10 bits per heavy atom. The average Bonchev–Trinajstić information content (AvgIpc) is 2.94. The fraction of sp³-hybridized carbons (Fsp3) is 0.304. The third-order valence-corrected chi connectivity index (χ3v) is 5.53. The highest BCUT2D eigenvalue weighted by atomic mass is 19.1. The van der Waals surface area contributed by atoms with Crippen LogP contribution in [0.15, 0.2) is 45.6 Å². The number of benzene rings is 2. The summed E-state index contributed by atoms with van der Waals surface area (Å²) < 4.78 is 19.9. The number of rotatable bonds is 4. The third-order valence-electron chi connectivity index (χ3n) is 5.53. The molecule has 2 heterocycles. The van der Waals surface area contributed by atoms with Crippen LogP contribution in [-0.4, -0.2) is 42.9 Å². The van der Waals surface area contributed by atoms with Gasteiger partial charge in [-0.3, -0.25) is 9.59 Å². The summed E-state index contributed by atoms with van der Waals surface area (Å²) in [5, 5.41) is 0.440. The van der Waals surface area contributed by atoms with Gasteiger partial charge in [0.15, 0.2) is 5.43 Å². The van der Waals surface area contributed by atoms with Gasteiger partial charge in [0, 0.05) is 13.1 Å². The number of aryl methyl sites for hydroxylation is 2. The van der Waals surface area contributed by atoms with E-state index < -0.39 is 11.9 Å². The van der Waals surface area contributed by atoms with Crippen molar-refractivity contribution in [2.24, 2.45) is 0 Å². The molecule has 0 radical (unpaired) electrons. The Morgan fingerprint density at radius 3 is 2.52 bits per heavy atom. The second-order valence-electron chi connectivity index (χ2n) is 7.87. The van der Waals surface area contributed by atoms with Crippen molar-refractivity contribution in [1.29, 1.82) is 0 Å². The van der Waals surface area contributed by atoms with E-state index in [0.717, 1.165) is 11.1 Å². The molecule has 0 fully saturated rings. The van der Waals surface area contributed by atoms with Crippen molar-refractivity contribution in [1.82, 2.24) is 9.80 Å². The van der Waals surface area contributed by atoms with Crippen molar-refractivity contribution in [2.45, 2.75) is 19.9 Å². The molecule has 3 aromatic rings. The molecule has 5 nitrogen and oxygen atoms in total. The van der Waals surface area contributed by atoms with Crippen molar-refractivity contribution >= 4 is 16.9 Å². The molecular formula is C23H23FN2O3. The second-order valence-corrected chi connectivity index (χ2v) is 7.87. The number of carbonyl (C=O) groups excluding carboxylic acids is 1. The van der Waals surface area contributed by atoms with Crippen LogP contribution in [0.4, 0.5) is 4.39 Å². The third kappa shape index (κ3) is 3.23. The molecule has 6 heteroatoms. The predicted octanol–water partition coefficient (Wildman–Crippen LogP) is 3.66. The zero-order valence-corrected chi connectivity index (χ0v) is 17.0. The van der Waals surface area contributed by atoms with Crippen molar-refractivity contribution < 1.29 is 13.6 Å². The maximum absolute atomic E-state index is 14.0. The quantitative estimate of drug-likeness (QED) is 0.678. The molecule has 1 aliphatic rings. The maximum atomic E-state index is 14.0. The molecule has 150 valence electrons. The zero-order chi connectivity index (χ0) is 20.9. The van der Waals surface area contributed by atoms with Crippen LogP contribution < -0.4 is 5.43 Å². The number of nitrogens with zero attached hydrogens (tertiary/aromatic N) is 2. The number of amides is 1. The predicted molar refractivity (Wildman–Crippen MR) is 110 cm³/mol. The molecule has 1 amide bonds. The van der Waals surface area contributed by atoms with E-state index in [-0.39, 0.29) is 22.7 Å². The molecule has 0 saturated heterocycles. The van der Waals surface area contributed by atoms with Gasteiger partial charge in [-0.05, 0) is 68.9 Å². The molecule has 1 aromatic heterocycles. The summed E-state index contributed by atoms with van der Waals surface area (Å²) in [5.41, 5.74) is 2.97. The lowest BCUT2D eigenvalue weighted by Gasteiger charge is -2.26. The highest BCUT2D eigenvalue weighted by Crippen LogP contribution is 2.38. The molecule has 0 N–H and O–H groups in total. The SMILES string of the molecule is Cc1cc2oc3c(c(=O)c2cc1C)C(c1cccc(F)c1)N(CCN(C)C)C3=O. The summed E-state index contributed by atoms with van der Waals surface area (Å²) in [6.45, 7) is 4.87. The average molecular weight is 394 g/mol. The minimum atomic E-state index is -0.671. The number of hydrogen-bond donors (Lipinski definition) is 0. The van der Waals surface area contributed by atoms with Gasteiger partial charge in [-0.2, -0.15) is 0 Å². The first-order chi connectivity index (χ1) is 13.8. The fourth-order valence-corrected chi connectivity index (χ4v) is 3.84. The first-order valence-electron chi connectivity index (χ1n) is 9.57. The molecule has 0 spiro atoms. The Labute approximate surface area is 168 Å². The van der Waals surface area contributed by atoms with Gasteiger partial charge in [-0.1, -0.05) is 12.1 Å². The number of fused-ring (bicyclic) bond motifs is 2. The van der Waals surface area contributed by atoms with E-state index in [1.54, 1.807) is 29.2 Å². The van der Waals surface area contributed by atoms with Crippen LogP contribution in [-0.2, 0) is 0 Å². The summed E-state index contributed by atoms with van der Waals surface area (Å²) in [4.78, 5) is 30.2. The Balaban J connectivity index is 1.97. The summed E-state index contributed by atoms with van der Waals surface area (Å²) in [5.74, 6) is -0.695. The number of likely N-dealkylation sites (N-methyl/N-ethyl adjacent to an activating group) is 1. The highest BCUT2D eigenvalue weighted by Gasteiger charge is 2.42. The minimum absolute atomic E-state index is 0.0544. The van der Waals surface area contributed by atoms with E-state index in [1.807, 2.05) is 32.8 Å². The topological polar surface area (TPSA) is 53.8 Å². The summed E-state index contributed by atoms with van der Waals surface area (Å²) in [6.07, 6.45) is 0. The monoisotopic (exact) mass is 394 g/mol. The molecule has 29 heavy (non-hydrogen) atoms. The lowest BCUT2D eigenvalue weighted by molar-refractivity contribution is 0.0716. The van der Waals surface area contributed by atoms with Gasteiger partial charge >= 0.3 is 0 Å². The van der Waals surface area contributed by atoms with E-state index >= 15 is 0 Å². The molecule has 0 bridgehead atoms. The Bertz CT molecular complexity index is 1180. The highest BCUT2D eigenvalue weighted by molar-refractivity contribution is 5.99. The van der Waals surface area contributed by atoms with Crippen LogP contribution in [0.3, 0.4) is 0 Å². The van der Waals surface area contributed by atoms with Crippen LogP contribution >= 0.6 is 0 Å². The van der Waals surface area contributed by atoms with Crippen LogP contribution in [0.5, 0.6) is 0 Å². The number of hydrogen-bond acceptors (Lipinski definition) is 4. The maximum Gasteiger partial charge on any atom is 0.290 e. The fourth-order valence-electron chi connectivity index (χ4n) is 3.84. The van der Waals surface area contributed by atoms with Crippen molar-refractivity contribution in [3.8, 4) is 0 Å². The van der Waals surface area contributed by atoms with Gasteiger partial charge in [0.25, 0.3) is 5.91 Å². The largest absolute Gasteiger partial charge is 0.450 e. The van der Waals surface area contributed by atoms with Crippen LogP contribution in [0.25, 0.3) is 11.0 Å². The molecule has 1 atom stereocenters. The van der Waals surface area contributed by atoms with Crippen molar-refractivity contribution in [2.75, 3.05) is 27.2 Å². The Morgan fingerprint density at radius 2 is 1.83 bits per heavy atom. The Hall–Kier alpha value is -2.99. The first-order valence-corrected chi connectivity index (χ1v) is 9.57. The lowest BCUT2D eigenvalue weighted by atomic mass is 9.97. The summed E-state index contributed by atoms with van der Waals surface area (Å²) >= 11 is 0. The van der Waals surface area contributed by atoms with E-state index in [2.05, 4.69) is 0 Å². The van der Waals surface area contributed by atoms with Gasteiger partial charge in [0.05, 0.1) is 17.0 Å². The summed E-state index contributed by atoms with van der Waals surface area (Å²) in [6, 6.07) is 8.97. The smallest absolute Gasteiger partial charge is 0.290 e. The van der Waals surface area contributed by atoms with Crippen molar-refractivity contribution in [3.05, 3.63) is 80.5 Å². The second kappa shape index (κ2) is 7.12. The molecule has 2 aromatic carbocycles. The van der Waals surface area contributed by atoms with Crippen molar-refractivity contribution in [3.63, 3.8) is 0 Å². The van der Waals surface area contributed by atoms with E-state index in [9.17, 15) is 14.0 Å². The molecule has 4 rings (SSSR count).